The summed E-state index contributed by atoms with van der Waals surface area (Å²) in [5.41, 5.74) is 2.78. The van der Waals surface area contributed by atoms with Gasteiger partial charge in [0.25, 0.3) is 0 Å². The van der Waals surface area contributed by atoms with Gasteiger partial charge < -0.3 is 5.32 Å². The summed E-state index contributed by atoms with van der Waals surface area (Å²) in [5, 5.41) is 4.03. The van der Waals surface area contributed by atoms with E-state index in [1.165, 1.54) is 17.7 Å². The predicted octanol–water partition coefficient (Wildman–Crippen LogP) is 4.54. The van der Waals surface area contributed by atoms with Gasteiger partial charge in [0.05, 0.1) is 10.2 Å². The molecule has 1 heterocycles. The second-order valence-electron chi connectivity index (χ2n) is 4.94. The zero-order valence-electron chi connectivity index (χ0n) is 11.5. The summed E-state index contributed by atoms with van der Waals surface area (Å²) in [6, 6.07) is 9.74. The molecule has 0 radical (unpaired) electrons. The molecular formula is C16H14F2N2S. The second-order valence-corrected chi connectivity index (χ2v) is 5.98. The van der Waals surface area contributed by atoms with Crippen molar-refractivity contribution >= 4 is 26.7 Å². The first-order valence-electron chi connectivity index (χ1n) is 6.66. The van der Waals surface area contributed by atoms with Crippen LogP contribution < -0.4 is 5.32 Å². The normalized spacial score (nSPS) is 11.0. The SMILES string of the molecule is Cc1ccc2sc(NCCc3cc(F)cc(F)c3)nc2c1. The van der Waals surface area contributed by atoms with Gasteiger partial charge in [-0.1, -0.05) is 17.4 Å². The summed E-state index contributed by atoms with van der Waals surface area (Å²) in [6.07, 6.45) is 0.545. The summed E-state index contributed by atoms with van der Waals surface area (Å²) in [7, 11) is 0. The minimum atomic E-state index is -0.541. The van der Waals surface area contributed by atoms with Gasteiger partial charge in [0.15, 0.2) is 5.13 Å². The first-order valence-corrected chi connectivity index (χ1v) is 7.48. The Labute approximate surface area is 125 Å². The number of nitrogens with zero attached hydrogens (tertiary/aromatic N) is 1. The van der Waals surface area contributed by atoms with Gasteiger partial charge in [-0.05, 0) is 48.7 Å². The lowest BCUT2D eigenvalue weighted by Crippen LogP contribution is -2.05. The third-order valence-electron chi connectivity index (χ3n) is 3.16. The van der Waals surface area contributed by atoms with Gasteiger partial charge in [-0.3, -0.25) is 0 Å². The lowest BCUT2D eigenvalue weighted by atomic mass is 10.1. The van der Waals surface area contributed by atoms with Crippen molar-refractivity contribution in [3.63, 3.8) is 0 Å². The van der Waals surface area contributed by atoms with Crippen molar-refractivity contribution in [3.05, 3.63) is 59.2 Å². The Kier molecular flexibility index (Phi) is 3.84. The molecule has 1 aromatic heterocycles. The number of rotatable bonds is 4. The number of aromatic nitrogens is 1. The Balaban J connectivity index is 1.66. The van der Waals surface area contributed by atoms with Crippen molar-refractivity contribution in [3.8, 4) is 0 Å². The average molecular weight is 304 g/mol. The van der Waals surface area contributed by atoms with Crippen molar-refractivity contribution in [1.82, 2.24) is 4.98 Å². The van der Waals surface area contributed by atoms with E-state index in [1.807, 2.05) is 13.0 Å². The topological polar surface area (TPSA) is 24.9 Å². The zero-order chi connectivity index (χ0) is 14.8. The Hall–Kier alpha value is -2.01. The van der Waals surface area contributed by atoms with Crippen LogP contribution in [0.25, 0.3) is 10.2 Å². The Morgan fingerprint density at radius 2 is 1.86 bits per heavy atom. The van der Waals surface area contributed by atoms with Crippen molar-refractivity contribution in [2.24, 2.45) is 0 Å². The van der Waals surface area contributed by atoms with E-state index in [9.17, 15) is 8.78 Å². The molecule has 3 aromatic rings. The van der Waals surface area contributed by atoms with Gasteiger partial charge in [-0.2, -0.15) is 0 Å². The molecular weight excluding hydrogens is 290 g/mol. The largest absolute Gasteiger partial charge is 0.361 e. The smallest absolute Gasteiger partial charge is 0.183 e. The number of thiazole rings is 1. The number of halogens is 2. The predicted molar refractivity (Wildman–Crippen MR) is 82.9 cm³/mol. The number of hydrogen-bond donors (Lipinski definition) is 1. The number of hydrogen-bond acceptors (Lipinski definition) is 3. The number of aryl methyl sites for hydroxylation is 1. The molecule has 5 heteroatoms. The highest BCUT2D eigenvalue weighted by atomic mass is 32.1. The third kappa shape index (κ3) is 3.36. The van der Waals surface area contributed by atoms with Crippen LogP contribution in [0.15, 0.2) is 36.4 Å². The summed E-state index contributed by atoms with van der Waals surface area (Å²) >= 11 is 1.58. The maximum absolute atomic E-state index is 13.1. The molecule has 3 rings (SSSR count). The van der Waals surface area contributed by atoms with E-state index in [2.05, 4.69) is 22.4 Å². The molecule has 108 valence electrons. The minimum absolute atomic E-state index is 0.541. The van der Waals surface area contributed by atoms with Crippen LogP contribution in [0.3, 0.4) is 0 Å². The highest BCUT2D eigenvalue weighted by Crippen LogP contribution is 2.26. The van der Waals surface area contributed by atoms with E-state index >= 15 is 0 Å². The molecule has 0 saturated heterocycles. The number of anilines is 1. The Bertz CT molecular complexity index is 763. The van der Waals surface area contributed by atoms with Gasteiger partial charge in [-0.25, -0.2) is 13.8 Å². The number of nitrogens with one attached hydrogen (secondary N) is 1. The van der Waals surface area contributed by atoms with Crippen molar-refractivity contribution in [2.75, 3.05) is 11.9 Å². The van der Waals surface area contributed by atoms with Crippen LogP contribution in [0.1, 0.15) is 11.1 Å². The first kappa shape index (κ1) is 13.9. The van der Waals surface area contributed by atoms with Crippen LogP contribution >= 0.6 is 11.3 Å². The summed E-state index contributed by atoms with van der Waals surface area (Å²) in [4.78, 5) is 4.50. The molecule has 0 atom stereocenters. The molecule has 0 aliphatic carbocycles. The maximum Gasteiger partial charge on any atom is 0.183 e. The quantitative estimate of drug-likeness (QED) is 0.765. The van der Waals surface area contributed by atoms with Crippen LogP contribution in [0.5, 0.6) is 0 Å². The highest BCUT2D eigenvalue weighted by molar-refractivity contribution is 7.22. The highest BCUT2D eigenvalue weighted by Gasteiger charge is 2.04. The molecule has 0 aliphatic heterocycles. The molecule has 0 fully saturated rings. The maximum atomic E-state index is 13.1. The fourth-order valence-corrected chi connectivity index (χ4v) is 3.05. The Morgan fingerprint density at radius 3 is 2.62 bits per heavy atom. The number of fused-ring (bicyclic) bond motifs is 1. The Morgan fingerprint density at radius 1 is 1.10 bits per heavy atom. The lowest BCUT2D eigenvalue weighted by molar-refractivity contribution is 0.580. The van der Waals surface area contributed by atoms with Crippen LogP contribution in [-0.4, -0.2) is 11.5 Å². The van der Waals surface area contributed by atoms with Crippen LogP contribution in [-0.2, 0) is 6.42 Å². The van der Waals surface area contributed by atoms with E-state index < -0.39 is 11.6 Å². The summed E-state index contributed by atoms with van der Waals surface area (Å²) in [5.74, 6) is -1.08. The average Bonchev–Trinajstić information content (AvgIpc) is 2.79. The van der Waals surface area contributed by atoms with Crippen molar-refractivity contribution in [2.45, 2.75) is 13.3 Å². The van der Waals surface area contributed by atoms with Crippen molar-refractivity contribution < 1.29 is 8.78 Å². The molecule has 21 heavy (non-hydrogen) atoms. The fourth-order valence-electron chi connectivity index (χ4n) is 2.18. The summed E-state index contributed by atoms with van der Waals surface area (Å²) in [6.45, 7) is 2.62. The van der Waals surface area contributed by atoms with Crippen molar-refractivity contribution in [1.29, 1.82) is 0 Å². The molecule has 1 N–H and O–H groups in total. The first-order chi connectivity index (χ1) is 10.1. The van der Waals surface area contributed by atoms with Crippen LogP contribution in [0.2, 0.25) is 0 Å². The van der Waals surface area contributed by atoms with E-state index in [0.29, 0.717) is 18.5 Å². The van der Waals surface area contributed by atoms with Gasteiger partial charge in [0, 0.05) is 12.6 Å². The minimum Gasteiger partial charge on any atom is -0.361 e. The number of benzene rings is 2. The van der Waals surface area contributed by atoms with Gasteiger partial charge in [0.1, 0.15) is 11.6 Å². The third-order valence-corrected chi connectivity index (χ3v) is 4.15. The van der Waals surface area contributed by atoms with Crippen LogP contribution in [0, 0.1) is 18.6 Å². The molecule has 2 nitrogen and oxygen atoms in total. The molecule has 2 aromatic carbocycles. The van der Waals surface area contributed by atoms with E-state index in [4.69, 9.17) is 0 Å². The standard InChI is InChI=1S/C16H14F2N2S/c1-10-2-3-15-14(6-10)20-16(21-15)19-5-4-11-7-12(17)9-13(18)8-11/h2-3,6-9H,4-5H2,1H3,(H,19,20). The molecule has 0 aliphatic rings. The van der Waals surface area contributed by atoms with E-state index in [0.717, 1.165) is 21.4 Å². The molecule has 0 amide bonds. The van der Waals surface area contributed by atoms with Gasteiger partial charge >= 0.3 is 0 Å². The monoisotopic (exact) mass is 304 g/mol. The van der Waals surface area contributed by atoms with Crippen LogP contribution in [0.4, 0.5) is 13.9 Å². The zero-order valence-corrected chi connectivity index (χ0v) is 12.3. The van der Waals surface area contributed by atoms with E-state index in [1.54, 1.807) is 11.3 Å². The lowest BCUT2D eigenvalue weighted by Gasteiger charge is -2.03. The molecule has 0 bridgehead atoms. The fraction of sp³-hybridized carbons (Fsp3) is 0.188. The molecule has 0 spiro atoms. The van der Waals surface area contributed by atoms with E-state index in [-0.39, 0.29) is 0 Å². The van der Waals surface area contributed by atoms with Gasteiger partial charge in [0.2, 0.25) is 0 Å². The summed E-state index contributed by atoms with van der Waals surface area (Å²) < 4.78 is 27.3. The molecule has 0 unspecified atom stereocenters. The van der Waals surface area contributed by atoms with Gasteiger partial charge in [-0.15, -0.1) is 0 Å². The second kappa shape index (κ2) is 5.77. The molecule has 0 saturated carbocycles.